The van der Waals surface area contributed by atoms with Crippen LogP contribution in [0.3, 0.4) is 0 Å². The van der Waals surface area contributed by atoms with Gasteiger partial charge in [-0.05, 0) is 6.92 Å². The summed E-state index contributed by atoms with van der Waals surface area (Å²) < 4.78 is 15.2. The average Bonchev–Trinajstić information content (AvgIpc) is 2.66. The maximum Gasteiger partial charge on any atom is 0.186 e. The van der Waals surface area contributed by atoms with E-state index < -0.39 is 55.3 Å². The Hall–Kier alpha value is -0.360. The van der Waals surface area contributed by atoms with Crippen molar-refractivity contribution >= 4 is 0 Å². The molecule has 2 heterocycles. The van der Waals surface area contributed by atoms with Gasteiger partial charge in [-0.25, -0.2) is 0 Å². The molecule has 2 aliphatic rings. The van der Waals surface area contributed by atoms with Gasteiger partial charge in [0.2, 0.25) is 0 Å². The summed E-state index contributed by atoms with van der Waals surface area (Å²) in [7, 11) is 0. The van der Waals surface area contributed by atoms with Crippen molar-refractivity contribution in [3.05, 3.63) is 0 Å². The van der Waals surface area contributed by atoms with E-state index in [1.165, 1.54) is 6.92 Å². The first-order valence-electron chi connectivity index (χ1n) is 6.34. The van der Waals surface area contributed by atoms with Crippen LogP contribution >= 0.6 is 0 Å². The zero-order valence-corrected chi connectivity index (χ0v) is 10.8. The summed E-state index contributed by atoms with van der Waals surface area (Å²) in [4.78, 5) is 0. The first kappa shape index (κ1) is 16.0. The van der Waals surface area contributed by atoms with Gasteiger partial charge < -0.3 is 44.8 Å². The summed E-state index contributed by atoms with van der Waals surface area (Å²) in [6.45, 7) is 1.23. The second-order valence-corrected chi connectivity index (χ2v) is 5.06. The molecule has 0 spiro atoms. The van der Waals surface area contributed by atoms with E-state index in [1.807, 2.05) is 0 Å². The van der Waals surface area contributed by atoms with E-state index in [1.54, 1.807) is 0 Å². The summed E-state index contributed by atoms with van der Waals surface area (Å²) in [6, 6.07) is 0. The second-order valence-electron chi connectivity index (χ2n) is 5.06. The van der Waals surface area contributed by atoms with E-state index in [4.69, 9.17) is 14.2 Å². The molecule has 9 nitrogen and oxygen atoms in total. The Kier molecular flexibility index (Phi) is 4.95. The fourth-order valence-corrected chi connectivity index (χ4v) is 2.21. The molecule has 9 atom stereocenters. The van der Waals surface area contributed by atoms with Crippen molar-refractivity contribution in [1.29, 1.82) is 0 Å². The summed E-state index contributed by atoms with van der Waals surface area (Å²) in [5, 5.41) is 56.9. The van der Waals surface area contributed by atoms with Gasteiger partial charge in [-0.2, -0.15) is 0 Å². The van der Waals surface area contributed by atoms with Gasteiger partial charge in [0.05, 0.1) is 12.7 Å². The Morgan fingerprint density at radius 1 is 0.800 bits per heavy atom. The van der Waals surface area contributed by atoms with Gasteiger partial charge >= 0.3 is 0 Å². The standard InChI is InChI=1S/C11H20O9/c1-3-5(12)7(14)9(16)11(19-3)18-2-4-6(13)8(15)10(17)20-4/h3-17H,2H2,1H3/t3-,4+,5-,6+,7+,8+,9+,10+,11+/m0/s1. The van der Waals surface area contributed by atoms with Crippen molar-refractivity contribution in [2.45, 2.75) is 62.2 Å². The Morgan fingerprint density at radius 2 is 1.45 bits per heavy atom. The maximum absolute atomic E-state index is 9.71. The molecule has 0 aromatic rings. The third-order valence-corrected chi connectivity index (χ3v) is 3.57. The Morgan fingerprint density at radius 3 is 2.00 bits per heavy atom. The zero-order chi connectivity index (χ0) is 15.0. The largest absolute Gasteiger partial charge is 0.388 e. The SMILES string of the molecule is C[C@@H]1O[C@@H](OC[C@H]2O[C@@H](O)[C@H](O)[C@@H]2O)[C@H](O)[C@H](O)[C@H]1O. The van der Waals surface area contributed by atoms with Crippen LogP contribution in [-0.2, 0) is 14.2 Å². The van der Waals surface area contributed by atoms with Crippen molar-refractivity contribution in [3.63, 3.8) is 0 Å². The molecule has 0 unspecified atom stereocenters. The van der Waals surface area contributed by atoms with Crippen molar-refractivity contribution in [2.75, 3.05) is 6.61 Å². The molecule has 118 valence electrons. The number of hydrogen-bond donors (Lipinski definition) is 6. The third kappa shape index (κ3) is 2.96. The molecule has 0 bridgehead atoms. The fraction of sp³-hybridized carbons (Fsp3) is 1.00. The minimum absolute atomic E-state index is 0.271. The van der Waals surface area contributed by atoms with Gasteiger partial charge in [0, 0.05) is 0 Å². The number of rotatable bonds is 3. The van der Waals surface area contributed by atoms with E-state index in [0.29, 0.717) is 0 Å². The van der Waals surface area contributed by atoms with E-state index in [0.717, 1.165) is 0 Å². The lowest BCUT2D eigenvalue weighted by atomic mass is 10.00. The Bertz CT molecular complexity index is 327. The quantitative estimate of drug-likeness (QED) is 0.309. The number of aliphatic hydroxyl groups excluding tert-OH is 6. The molecule has 0 aromatic carbocycles. The van der Waals surface area contributed by atoms with Crippen molar-refractivity contribution in [1.82, 2.24) is 0 Å². The van der Waals surface area contributed by atoms with Crippen LogP contribution in [0.2, 0.25) is 0 Å². The van der Waals surface area contributed by atoms with Crippen molar-refractivity contribution < 1.29 is 44.8 Å². The summed E-state index contributed by atoms with van der Waals surface area (Å²) >= 11 is 0. The topological polar surface area (TPSA) is 149 Å². The molecule has 2 fully saturated rings. The molecule has 0 aromatic heterocycles. The highest BCUT2D eigenvalue weighted by Crippen LogP contribution is 2.24. The minimum Gasteiger partial charge on any atom is -0.388 e. The molecular weight excluding hydrogens is 276 g/mol. The van der Waals surface area contributed by atoms with Gasteiger partial charge in [-0.1, -0.05) is 0 Å². The van der Waals surface area contributed by atoms with Crippen LogP contribution in [0.4, 0.5) is 0 Å². The molecule has 9 heteroatoms. The minimum atomic E-state index is -1.51. The highest BCUT2D eigenvalue weighted by atomic mass is 16.7. The molecule has 0 amide bonds. The molecule has 0 saturated carbocycles. The molecule has 2 saturated heterocycles. The Labute approximate surface area is 114 Å². The smallest absolute Gasteiger partial charge is 0.186 e. The van der Waals surface area contributed by atoms with Crippen molar-refractivity contribution in [2.24, 2.45) is 0 Å². The van der Waals surface area contributed by atoms with Gasteiger partial charge in [0.1, 0.15) is 36.6 Å². The van der Waals surface area contributed by atoms with Crippen LogP contribution < -0.4 is 0 Å². The highest BCUT2D eigenvalue weighted by Gasteiger charge is 2.45. The average molecular weight is 296 g/mol. The van der Waals surface area contributed by atoms with E-state index in [9.17, 15) is 30.6 Å². The van der Waals surface area contributed by atoms with Crippen LogP contribution in [-0.4, -0.2) is 92.6 Å². The predicted octanol–water partition coefficient (Wildman–Crippen LogP) is -3.73. The highest BCUT2D eigenvalue weighted by molar-refractivity contribution is 4.89. The van der Waals surface area contributed by atoms with E-state index >= 15 is 0 Å². The maximum atomic E-state index is 9.71. The molecule has 6 N–H and O–H groups in total. The second kappa shape index (κ2) is 6.18. The lowest BCUT2D eigenvalue weighted by Crippen LogP contribution is -2.57. The van der Waals surface area contributed by atoms with Crippen LogP contribution in [0.5, 0.6) is 0 Å². The van der Waals surface area contributed by atoms with Gasteiger partial charge in [0.15, 0.2) is 12.6 Å². The van der Waals surface area contributed by atoms with Crippen LogP contribution in [0.25, 0.3) is 0 Å². The number of hydrogen-bond acceptors (Lipinski definition) is 9. The number of ether oxygens (including phenoxy) is 3. The predicted molar refractivity (Wildman–Crippen MR) is 61.2 cm³/mol. The van der Waals surface area contributed by atoms with Gasteiger partial charge in [0.25, 0.3) is 0 Å². The number of aliphatic hydroxyl groups is 6. The van der Waals surface area contributed by atoms with E-state index in [2.05, 4.69) is 0 Å². The Balaban J connectivity index is 1.88. The molecule has 0 aliphatic carbocycles. The van der Waals surface area contributed by atoms with Gasteiger partial charge in [-0.15, -0.1) is 0 Å². The van der Waals surface area contributed by atoms with Gasteiger partial charge in [-0.3, -0.25) is 0 Å². The summed E-state index contributed by atoms with van der Waals surface area (Å²) in [6.07, 6.45) is -11.4. The molecule has 20 heavy (non-hydrogen) atoms. The van der Waals surface area contributed by atoms with Crippen molar-refractivity contribution in [3.8, 4) is 0 Å². The van der Waals surface area contributed by atoms with Crippen LogP contribution in [0, 0.1) is 0 Å². The lowest BCUT2D eigenvalue weighted by Gasteiger charge is -2.39. The van der Waals surface area contributed by atoms with E-state index in [-0.39, 0.29) is 6.61 Å². The summed E-state index contributed by atoms with van der Waals surface area (Å²) in [5.41, 5.74) is 0. The molecule has 0 radical (unpaired) electrons. The third-order valence-electron chi connectivity index (χ3n) is 3.57. The monoisotopic (exact) mass is 296 g/mol. The zero-order valence-electron chi connectivity index (χ0n) is 10.8. The van der Waals surface area contributed by atoms with Crippen LogP contribution in [0.15, 0.2) is 0 Å². The molecule has 2 aliphatic heterocycles. The fourth-order valence-electron chi connectivity index (χ4n) is 2.21. The summed E-state index contributed by atoms with van der Waals surface area (Å²) in [5.74, 6) is 0. The van der Waals surface area contributed by atoms with Crippen LogP contribution in [0.1, 0.15) is 6.92 Å². The molecular formula is C11H20O9. The first-order chi connectivity index (χ1) is 9.32. The molecule has 2 rings (SSSR count). The lowest BCUT2D eigenvalue weighted by molar-refractivity contribution is -0.299. The first-order valence-corrected chi connectivity index (χ1v) is 6.34. The normalized spacial score (nSPS) is 53.2.